The number of anilines is 1. The first-order chi connectivity index (χ1) is 12.6. The molecule has 7 nitrogen and oxygen atoms in total. The molecule has 2 aliphatic heterocycles. The highest BCUT2D eigenvalue weighted by molar-refractivity contribution is 5.93. The molecule has 1 spiro atoms. The lowest BCUT2D eigenvalue weighted by atomic mass is 9.73. The summed E-state index contributed by atoms with van der Waals surface area (Å²) in [5.74, 6) is 1.51. The number of hydrogen-bond donors (Lipinski definition) is 1. The minimum Gasteiger partial charge on any atom is -0.357 e. The van der Waals surface area contributed by atoms with Crippen LogP contribution in [0.3, 0.4) is 0 Å². The summed E-state index contributed by atoms with van der Waals surface area (Å²) in [6.45, 7) is 3.22. The van der Waals surface area contributed by atoms with Gasteiger partial charge in [-0.05, 0) is 38.0 Å². The molecule has 1 aliphatic carbocycles. The number of carbonyl (C=O) groups excluding carboxylic acids is 2. The summed E-state index contributed by atoms with van der Waals surface area (Å²) in [5.41, 5.74) is 0.588. The minimum absolute atomic E-state index is 0.00243. The maximum Gasteiger partial charge on any atom is 0.257 e. The van der Waals surface area contributed by atoms with E-state index in [1.54, 1.807) is 19.4 Å². The minimum atomic E-state index is -0.00243. The van der Waals surface area contributed by atoms with Gasteiger partial charge in [0.2, 0.25) is 11.9 Å². The third-order valence-electron chi connectivity index (χ3n) is 5.99. The molecule has 1 saturated carbocycles. The maximum atomic E-state index is 12.9. The average Bonchev–Trinajstić information content (AvgIpc) is 3.49. The number of carbonyl (C=O) groups is 2. The number of rotatable bonds is 4. The predicted octanol–water partition coefficient (Wildman–Crippen LogP) is 1.77. The van der Waals surface area contributed by atoms with Crippen molar-refractivity contribution >= 4 is 17.8 Å². The molecule has 1 aromatic rings. The highest BCUT2D eigenvalue weighted by Gasteiger charge is 2.43. The first-order valence-electron chi connectivity index (χ1n) is 9.65. The van der Waals surface area contributed by atoms with E-state index in [2.05, 4.69) is 20.2 Å². The lowest BCUT2D eigenvalue weighted by Crippen LogP contribution is -2.55. The first-order valence-corrected chi connectivity index (χ1v) is 9.65. The van der Waals surface area contributed by atoms with Crippen molar-refractivity contribution in [1.29, 1.82) is 0 Å². The highest BCUT2D eigenvalue weighted by Crippen LogP contribution is 2.40. The number of likely N-dealkylation sites (tertiary alicyclic amines) is 2. The first kappa shape index (κ1) is 17.2. The van der Waals surface area contributed by atoms with Crippen LogP contribution in [0.5, 0.6) is 0 Å². The Labute approximate surface area is 154 Å². The molecule has 26 heavy (non-hydrogen) atoms. The summed E-state index contributed by atoms with van der Waals surface area (Å²) in [4.78, 5) is 37.5. The van der Waals surface area contributed by atoms with Crippen LogP contribution in [0, 0.1) is 11.3 Å². The van der Waals surface area contributed by atoms with Crippen LogP contribution >= 0.6 is 0 Å². The second kappa shape index (κ2) is 6.85. The van der Waals surface area contributed by atoms with Crippen LogP contribution in [0.15, 0.2) is 12.4 Å². The van der Waals surface area contributed by atoms with Gasteiger partial charge in [0.25, 0.3) is 5.91 Å². The van der Waals surface area contributed by atoms with Gasteiger partial charge in [0.05, 0.1) is 5.56 Å². The Morgan fingerprint density at radius 3 is 2.73 bits per heavy atom. The van der Waals surface area contributed by atoms with E-state index in [1.165, 1.54) is 12.8 Å². The summed E-state index contributed by atoms with van der Waals surface area (Å²) >= 11 is 0. The Balaban J connectivity index is 1.45. The molecule has 0 radical (unpaired) electrons. The number of nitrogens with one attached hydrogen (secondary N) is 1. The summed E-state index contributed by atoms with van der Waals surface area (Å²) < 4.78 is 0. The second-order valence-electron chi connectivity index (χ2n) is 8.09. The summed E-state index contributed by atoms with van der Waals surface area (Å²) in [7, 11) is 1.75. The smallest absolute Gasteiger partial charge is 0.257 e. The molecule has 1 N–H and O–H groups in total. The third-order valence-corrected chi connectivity index (χ3v) is 5.99. The molecule has 2 saturated heterocycles. The van der Waals surface area contributed by atoms with E-state index < -0.39 is 0 Å². The molecule has 3 heterocycles. The lowest BCUT2D eigenvalue weighted by molar-refractivity contribution is -0.139. The second-order valence-corrected chi connectivity index (χ2v) is 8.09. The zero-order valence-electron chi connectivity index (χ0n) is 15.4. The van der Waals surface area contributed by atoms with Crippen molar-refractivity contribution in [3.05, 3.63) is 18.0 Å². The molecule has 1 unspecified atom stereocenters. The highest BCUT2D eigenvalue weighted by atomic mass is 16.2. The quantitative estimate of drug-likeness (QED) is 0.889. The Bertz CT molecular complexity index is 688. The van der Waals surface area contributed by atoms with Crippen molar-refractivity contribution in [3.8, 4) is 0 Å². The topological polar surface area (TPSA) is 78.4 Å². The molecule has 3 fully saturated rings. The largest absolute Gasteiger partial charge is 0.357 e. The van der Waals surface area contributed by atoms with E-state index in [0.717, 1.165) is 45.4 Å². The van der Waals surface area contributed by atoms with Gasteiger partial charge in [-0.15, -0.1) is 0 Å². The van der Waals surface area contributed by atoms with Gasteiger partial charge in [-0.2, -0.15) is 0 Å². The van der Waals surface area contributed by atoms with E-state index in [9.17, 15) is 9.59 Å². The van der Waals surface area contributed by atoms with Crippen LogP contribution in [0.25, 0.3) is 0 Å². The van der Waals surface area contributed by atoms with Gasteiger partial charge in [-0.3, -0.25) is 9.59 Å². The van der Waals surface area contributed by atoms with Gasteiger partial charge in [0.15, 0.2) is 0 Å². The van der Waals surface area contributed by atoms with Gasteiger partial charge in [0, 0.05) is 57.5 Å². The van der Waals surface area contributed by atoms with Gasteiger partial charge in [-0.25, -0.2) is 9.97 Å². The fourth-order valence-electron chi connectivity index (χ4n) is 4.35. The molecular weight excluding hydrogens is 330 g/mol. The number of amides is 2. The average molecular weight is 357 g/mol. The Morgan fingerprint density at radius 1 is 1.27 bits per heavy atom. The van der Waals surface area contributed by atoms with E-state index in [4.69, 9.17) is 0 Å². The Kier molecular flexibility index (Phi) is 4.54. The van der Waals surface area contributed by atoms with Crippen molar-refractivity contribution in [3.63, 3.8) is 0 Å². The van der Waals surface area contributed by atoms with Crippen LogP contribution in [-0.2, 0) is 4.79 Å². The van der Waals surface area contributed by atoms with Crippen molar-refractivity contribution in [1.82, 2.24) is 19.8 Å². The Morgan fingerprint density at radius 2 is 2.04 bits per heavy atom. The van der Waals surface area contributed by atoms with E-state index in [1.807, 2.05) is 4.90 Å². The lowest BCUT2D eigenvalue weighted by Gasteiger charge is -2.48. The van der Waals surface area contributed by atoms with Crippen LogP contribution in [0.1, 0.15) is 48.9 Å². The van der Waals surface area contributed by atoms with Gasteiger partial charge in [-0.1, -0.05) is 0 Å². The fraction of sp³-hybridized carbons (Fsp3) is 0.684. The molecular formula is C19H27N5O2. The Hall–Kier alpha value is -2.18. The third kappa shape index (κ3) is 3.52. The molecule has 0 aromatic carbocycles. The van der Waals surface area contributed by atoms with E-state index in [-0.39, 0.29) is 11.3 Å². The zero-order chi connectivity index (χ0) is 18.1. The van der Waals surface area contributed by atoms with Crippen LogP contribution < -0.4 is 5.32 Å². The maximum absolute atomic E-state index is 12.9. The van der Waals surface area contributed by atoms with Crippen molar-refractivity contribution in [2.45, 2.75) is 38.5 Å². The van der Waals surface area contributed by atoms with E-state index in [0.29, 0.717) is 29.8 Å². The normalized spacial score (nSPS) is 26.3. The molecule has 1 aromatic heterocycles. The standard InChI is InChI=1S/C19H27N5O2/c1-20-18-21-9-15(10-22-18)17(26)23-8-2-6-19(12-23)7-5-16(25)24(13-19)11-14-3-4-14/h9-10,14H,2-8,11-13H2,1H3,(H,20,21,22). The number of hydrogen-bond acceptors (Lipinski definition) is 5. The van der Waals surface area contributed by atoms with Gasteiger partial charge < -0.3 is 15.1 Å². The van der Waals surface area contributed by atoms with Crippen molar-refractivity contribution in [2.24, 2.45) is 11.3 Å². The zero-order valence-corrected chi connectivity index (χ0v) is 15.4. The van der Waals surface area contributed by atoms with E-state index >= 15 is 0 Å². The van der Waals surface area contributed by atoms with Crippen LogP contribution in [0.4, 0.5) is 5.95 Å². The monoisotopic (exact) mass is 357 g/mol. The van der Waals surface area contributed by atoms with Crippen molar-refractivity contribution < 1.29 is 9.59 Å². The molecule has 7 heteroatoms. The SMILES string of the molecule is CNc1ncc(C(=O)N2CCCC3(CCC(=O)N(CC4CC4)C3)C2)cn1. The van der Waals surface area contributed by atoms with Crippen LogP contribution in [-0.4, -0.2) is 64.8 Å². The number of piperidine rings is 2. The van der Waals surface area contributed by atoms with Gasteiger partial charge in [0.1, 0.15) is 0 Å². The number of aromatic nitrogens is 2. The fourth-order valence-corrected chi connectivity index (χ4v) is 4.35. The summed E-state index contributed by atoms with van der Waals surface area (Å²) in [6.07, 6.45) is 9.29. The van der Waals surface area contributed by atoms with Gasteiger partial charge >= 0.3 is 0 Å². The summed E-state index contributed by atoms with van der Waals surface area (Å²) in [6, 6.07) is 0. The molecule has 0 bridgehead atoms. The molecule has 4 rings (SSSR count). The molecule has 2 amide bonds. The number of nitrogens with zero attached hydrogens (tertiary/aromatic N) is 4. The van der Waals surface area contributed by atoms with Crippen molar-refractivity contribution in [2.75, 3.05) is 38.5 Å². The molecule has 1 atom stereocenters. The van der Waals surface area contributed by atoms with Crippen LogP contribution in [0.2, 0.25) is 0 Å². The molecule has 140 valence electrons. The predicted molar refractivity (Wildman–Crippen MR) is 97.7 cm³/mol. The summed E-state index contributed by atoms with van der Waals surface area (Å²) in [5, 5.41) is 2.86. The molecule has 3 aliphatic rings.